The molecule has 2 aromatic heterocycles. The monoisotopic (exact) mass is 549 g/mol. The number of fused-ring (bicyclic) bond motifs is 3. The molecule has 0 radical (unpaired) electrons. The fraction of sp³-hybridized carbons (Fsp3) is 0.267. The molecule has 0 spiro atoms. The van der Waals surface area contributed by atoms with Gasteiger partial charge in [0.1, 0.15) is 0 Å². The van der Waals surface area contributed by atoms with E-state index in [1.54, 1.807) is 12.9 Å². The van der Waals surface area contributed by atoms with Gasteiger partial charge in [-0.05, 0) is 66.5 Å². The van der Waals surface area contributed by atoms with Gasteiger partial charge >= 0.3 is 51.4 Å². The maximum atomic E-state index is 6.57. The maximum absolute atomic E-state index is 6.57. The van der Waals surface area contributed by atoms with Gasteiger partial charge in [-0.2, -0.15) is 0 Å². The van der Waals surface area contributed by atoms with E-state index in [2.05, 4.69) is 51.6 Å². The molecule has 2 atom stereocenters. The smallest absolute Gasteiger partial charge is 0.430 e. The molecule has 2 saturated heterocycles. The number of likely N-dealkylation sites (tertiary alicyclic amines) is 1. The minimum Gasteiger partial charge on any atom is -0.430 e. The molecule has 2 bridgehead atoms. The van der Waals surface area contributed by atoms with Gasteiger partial charge in [0.25, 0.3) is 0 Å². The number of hydrogen-bond acceptors (Lipinski definition) is 5. The number of ether oxygens (including phenoxy) is 1. The zero-order chi connectivity index (χ0) is 25.0. The molecular weight excluding hydrogens is 521 g/mol. The molecule has 2 aliphatic rings. The number of aromatic nitrogens is 2. The number of amidine groups is 1. The van der Waals surface area contributed by atoms with Gasteiger partial charge in [0.05, 0.1) is 5.69 Å². The fourth-order valence-corrected chi connectivity index (χ4v) is 5.65. The van der Waals surface area contributed by atoms with Crippen molar-refractivity contribution in [2.24, 2.45) is 4.99 Å². The molecule has 8 heteroatoms. The number of rotatable bonds is 7. The molecule has 6 nitrogen and oxygen atoms in total. The number of piperazine rings is 1. The van der Waals surface area contributed by atoms with Crippen LogP contribution >= 0.6 is 11.6 Å². The van der Waals surface area contributed by atoms with Crippen molar-refractivity contribution < 1.29 is 56.1 Å². The minimum atomic E-state index is 0. The van der Waals surface area contributed by atoms with E-state index in [0.29, 0.717) is 18.7 Å². The summed E-state index contributed by atoms with van der Waals surface area (Å²) in [5.74, 6) is 0.898. The van der Waals surface area contributed by atoms with Crippen molar-refractivity contribution in [3.05, 3.63) is 102 Å². The summed E-state index contributed by atoms with van der Waals surface area (Å²) >= 11 is 6.57. The molecule has 6 rings (SSSR count). The summed E-state index contributed by atoms with van der Waals surface area (Å²) in [6.07, 6.45) is 8.76. The third kappa shape index (κ3) is 6.32. The van der Waals surface area contributed by atoms with Crippen molar-refractivity contribution in [1.29, 1.82) is 0 Å². The van der Waals surface area contributed by atoms with Crippen molar-refractivity contribution in [1.82, 2.24) is 20.2 Å². The van der Waals surface area contributed by atoms with Crippen LogP contribution in [0.1, 0.15) is 24.0 Å². The molecule has 188 valence electrons. The van der Waals surface area contributed by atoms with Gasteiger partial charge in [0, 0.05) is 66.3 Å². The molecule has 0 amide bonds. The predicted molar refractivity (Wildman–Crippen MR) is 148 cm³/mol. The first-order valence-corrected chi connectivity index (χ1v) is 13.2. The number of halogens is 1. The normalized spacial score (nSPS) is 18.9. The molecule has 0 aliphatic carbocycles. The average Bonchev–Trinajstić information content (AvgIpc) is 3.28. The molecule has 2 aliphatic heterocycles. The first-order chi connectivity index (χ1) is 18.2. The van der Waals surface area contributed by atoms with Crippen LogP contribution in [0.5, 0.6) is 0 Å². The van der Waals surface area contributed by atoms with Gasteiger partial charge in [-0.15, -0.1) is 0 Å². The van der Waals surface area contributed by atoms with E-state index in [0.717, 1.165) is 63.5 Å². The van der Waals surface area contributed by atoms with E-state index >= 15 is 0 Å². The quantitative estimate of drug-likeness (QED) is 0.126. The van der Waals surface area contributed by atoms with E-state index in [-0.39, 0.29) is 51.4 Å². The van der Waals surface area contributed by atoms with Crippen LogP contribution in [0.25, 0.3) is 22.0 Å². The van der Waals surface area contributed by atoms with Gasteiger partial charge in [-0.1, -0.05) is 54.1 Å². The zero-order valence-electron chi connectivity index (χ0n) is 21.6. The van der Waals surface area contributed by atoms with Crippen LogP contribution in [0.2, 0.25) is 5.02 Å². The van der Waals surface area contributed by atoms with Crippen LogP contribution in [-0.2, 0) is 11.2 Å². The van der Waals surface area contributed by atoms with Gasteiger partial charge < -0.3 is 19.9 Å². The number of aliphatic imine (C=N–C) groups is 1. The molecule has 2 unspecified atom stereocenters. The van der Waals surface area contributed by atoms with Crippen molar-refractivity contribution in [3.63, 3.8) is 0 Å². The van der Waals surface area contributed by atoms with Gasteiger partial charge in [0.15, 0.2) is 0 Å². The van der Waals surface area contributed by atoms with Crippen molar-refractivity contribution >= 4 is 28.2 Å². The molecule has 38 heavy (non-hydrogen) atoms. The average molecular weight is 550 g/mol. The van der Waals surface area contributed by atoms with Crippen LogP contribution in [-0.4, -0.2) is 52.5 Å². The van der Waals surface area contributed by atoms with Crippen LogP contribution in [0.4, 0.5) is 0 Å². The number of pyridine rings is 2. The Balaban J connectivity index is 0.00000294. The predicted octanol–water partition coefficient (Wildman–Crippen LogP) is 2.52. The Labute approximate surface area is 271 Å². The molecule has 2 aromatic carbocycles. The number of nitrogens with zero attached hydrogens (tertiary/aromatic N) is 4. The first-order valence-electron chi connectivity index (χ1n) is 12.8. The summed E-state index contributed by atoms with van der Waals surface area (Å²) in [5.41, 5.74) is 4.04. The van der Waals surface area contributed by atoms with E-state index in [9.17, 15) is 0 Å². The SMILES string of the molecule is Clc1cccc2cccc(-c3ccc(/C(=N\[CH-]OCCc4cccnc4)N4CC5CCC(C4)N5)cn3)c12.[K+]. The Morgan fingerprint density at radius 1 is 1.03 bits per heavy atom. The zero-order valence-corrected chi connectivity index (χ0v) is 25.4. The maximum Gasteiger partial charge on any atom is 1.00 e. The Morgan fingerprint density at radius 3 is 2.58 bits per heavy atom. The number of benzene rings is 2. The first kappa shape index (κ1) is 27.7. The molecule has 4 heterocycles. The van der Waals surface area contributed by atoms with Gasteiger partial charge in [-0.25, -0.2) is 0 Å². The summed E-state index contributed by atoms with van der Waals surface area (Å²) < 4.78 is 5.79. The second-order valence-corrected chi connectivity index (χ2v) is 10.1. The van der Waals surface area contributed by atoms with Crippen molar-refractivity contribution in [3.8, 4) is 11.3 Å². The Hall–Kier alpha value is -1.81. The third-order valence-corrected chi connectivity index (χ3v) is 7.46. The van der Waals surface area contributed by atoms with E-state index in [4.69, 9.17) is 26.3 Å². The summed E-state index contributed by atoms with van der Waals surface area (Å²) in [7, 11) is 0. The Kier molecular flexibility index (Phi) is 9.51. The van der Waals surface area contributed by atoms with Crippen LogP contribution < -0.4 is 56.7 Å². The minimum absolute atomic E-state index is 0. The fourth-order valence-electron chi connectivity index (χ4n) is 5.37. The molecule has 2 fully saturated rings. The second-order valence-electron chi connectivity index (χ2n) is 9.66. The summed E-state index contributed by atoms with van der Waals surface area (Å²) in [6.45, 7) is 3.99. The topological polar surface area (TPSA) is 62.6 Å². The van der Waals surface area contributed by atoms with Crippen LogP contribution in [0.15, 0.2) is 84.2 Å². The van der Waals surface area contributed by atoms with E-state index in [1.165, 1.54) is 12.8 Å². The largest absolute Gasteiger partial charge is 1.00 e. The molecule has 4 aromatic rings. The van der Waals surface area contributed by atoms with Crippen molar-refractivity contribution in [2.75, 3.05) is 19.7 Å². The number of hydrogen-bond donors (Lipinski definition) is 1. The van der Waals surface area contributed by atoms with Gasteiger partial charge in [0.2, 0.25) is 0 Å². The summed E-state index contributed by atoms with van der Waals surface area (Å²) in [6, 6.07) is 21.3. The second kappa shape index (κ2) is 13.0. The van der Waals surface area contributed by atoms with Gasteiger partial charge in [-0.3, -0.25) is 9.97 Å². The third-order valence-electron chi connectivity index (χ3n) is 7.15. The van der Waals surface area contributed by atoms with Crippen LogP contribution in [0, 0.1) is 6.73 Å². The van der Waals surface area contributed by atoms with Crippen LogP contribution in [0.3, 0.4) is 0 Å². The van der Waals surface area contributed by atoms with E-state index < -0.39 is 0 Å². The molecule has 0 saturated carbocycles. The van der Waals surface area contributed by atoms with E-state index in [1.807, 2.05) is 36.7 Å². The molecular formula is C30H29ClKN5O. The number of nitrogens with one attached hydrogen (secondary N) is 1. The summed E-state index contributed by atoms with van der Waals surface area (Å²) in [4.78, 5) is 16.2. The Morgan fingerprint density at radius 2 is 1.84 bits per heavy atom. The molecule has 1 N–H and O–H groups in total. The standard InChI is InChI=1S/C30H29ClN5O.K/c31-27-8-2-6-22-5-1-7-26(29(22)27)28-12-9-23(17-33-28)30(36-18-24-10-11-25(19-36)35-24)34-20-37-15-13-21-4-3-14-32-16-21;/h1-9,12,14,16-17,20,24-25,35H,10-11,13,15,18-19H2;/q-1;+1/b34-30+;. The summed E-state index contributed by atoms with van der Waals surface area (Å²) in [5, 5.41) is 6.56. The van der Waals surface area contributed by atoms with Crippen molar-refractivity contribution in [2.45, 2.75) is 31.3 Å². The Bertz CT molecular complexity index is 1380.